The van der Waals surface area contributed by atoms with Gasteiger partial charge in [-0.05, 0) is 75.0 Å². The molecule has 0 radical (unpaired) electrons. The van der Waals surface area contributed by atoms with E-state index < -0.39 is 28.7 Å². The molecule has 1 aliphatic rings. The molecule has 0 atom stereocenters. The Hall–Kier alpha value is -3.71. The van der Waals surface area contributed by atoms with E-state index in [2.05, 4.69) is 4.98 Å². The number of amides is 1. The van der Waals surface area contributed by atoms with Crippen LogP contribution < -0.4 is 9.64 Å². The molecule has 0 aliphatic carbocycles. The van der Waals surface area contributed by atoms with E-state index in [1.165, 1.54) is 6.07 Å². The van der Waals surface area contributed by atoms with E-state index >= 15 is 0 Å². The van der Waals surface area contributed by atoms with Crippen LogP contribution in [0.2, 0.25) is 0 Å². The van der Waals surface area contributed by atoms with Gasteiger partial charge < -0.3 is 9.64 Å². The standard InChI is InChI=1S/C25H21F3N4O2S/c1-24(2)22(33)32(18-7-6-17(15-29)20(14-18)25(26,27)28)23(35)31(24)11-4-12-34-19-8-9-21-16(13-19)5-3-10-30-21/h3,5-10,13-14H,4,11-12H2,1-2H3. The minimum Gasteiger partial charge on any atom is -0.494 e. The van der Waals surface area contributed by atoms with Gasteiger partial charge in [0.1, 0.15) is 11.3 Å². The molecule has 1 fully saturated rings. The lowest BCUT2D eigenvalue weighted by atomic mass is 10.0. The van der Waals surface area contributed by atoms with Gasteiger partial charge in [0.25, 0.3) is 5.91 Å². The number of hydrogen-bond donors (Lipinski definition) is 0. The number of alkyl halides is 3. The SMILES string of the molecule is CC1(C)C(=O)N(c2ccc(C#N)c(C(F)(F)F)c2)C(=S)N1CCCOc1ccc2ncccc2c1. The summed E-state index contributed by atoms with van der Waals surface area (Å²) in [7, 11) is 0. The van der Waals surface area contributed by atoms with E-state index in [1.54, 1.807) is 31.0 Å². The number of aromatic nitrogens is 1. The number of benzene rings is 2. The van der Waals surface area contributed by atoms with Crippen molar-refractivity contribution in [3.63, 3.8) is 0 Å². The molecule has 35 heavy (non-hydrogen) atoms. The largest absolute Gasteiger partial charge is 0.494 e. The number of carbonyl (C=O) groups is 1. The van der Waals surface area contributed by atoms with Gasteiger partial charge in [-0.2, -0.15) is 18.4 Å². The van der Waals surface area contributed by atoms with E-state index in [4.69, 9.17) is 22.2 Å². The number of ether oxygens (including phenoxy) is 1. The maximum atomic E-state index is 13.4. The van der Waals surface area contributed by atoms with Gasteiger partial charge in [-0.1, -0.05) is 6.07 Å². The molecule has 0 spiro atoms. The minimum atomic E-state index is -4.74. The molecule has 10 heteroatoms. The van der Waals surface area contributed by atoms with Gasteiger partial charge in [-0.15, -0.1) is 0 Å². The number of carbonyl (C=O) groups excluding carboxylic acids is 1. The second kappa shape index (κ2) is 9.15. The van der Waals surface area contributed by atoms with Crippen LogP contribution in [-0.4, -0.2) is 39.6 Å². The molecule has 0 bridgehead atoms. The number of nitriles is 1. The summed E-state index contributed by atoms with van der Waals surface area (Å²) in [5, 5.41) is 10.1. The topological polar surface area (TPSA) is 69.5 Å². The average molecular weight is 499 g/mol. The number of anilines is 1. The average Bonchev–Trinajstić information content (AvgIpc) is 2.99. The minimum absolute atomic E-state index is 0.0251. The fourth-order valence-electron chi connectivity index (χ4n) is 4.00. The van der Waals surface area contributed by atoms with E-state index in [9.17, 15) is 18.0 Å². The van der Waals surface area contributed by atoms with Crippen LogP contribution in [0, 0.1) is 11.3 Å². The van der Waals surface area contributed by atoms with Gasteiger partial charge in [0.15, 0.2) is 5.11 Å². The molecule has 1 aliphatic heterocycles. The molecule has 4 rings (SSSR count). The van der Waals surface area contributed by atoms with Crippen molar-refractivity contribution in [2.24, 2.45) is 0 Å². The van der Waals surface area contributed by atoms with Crippen LogP contribution in [0.3, 0.4) is 0 Å². The smallest absolute Gasteiger partial charge is 0.417 e. The number of halogens is 3. The molecule has 3 aromatic rings. The first kappa shape index (κ1) is 24.4. The lowest BCUT2D eigenvalue weighted by Crippen LogP contribution is -2.44. The number of hydrogen-bond acceptors (Lipinski definition) is 5. The van der Waals surface area contributed by atoms with Gasteiger partial charge in [0, 0.05) is 18.1 Å². The summed E-state index contributed by atoms with van der Waals surface area (Å²) >= 11 is 5.50. The molecule has 0 unspecified atom stereocenters. The molecular formula is C25H21F3N4O2S. The Balaban J connectivity index is 1.47. The first-order chi connectivity index (χ1) is 16.5. The predicted molar refractivity (Wildman–Crippen MR) is 129 cm³/mol. The highest BCUT2D eigenvalue weighted by atomic mass is 32.1. The number of pyridine rings is 1. The second-order valence-corrected chi connectivity index (χ2v) is 8.90. The molecular weight excluding hydrogens is 477 g/mol. The maximum absolute atomic E-state index is 13.4. The highest BCUT2D eigenvalue weighted by Gasteiger charge is 2.49. The zero-order valence-corrected chi connectivity index (χ0v) is 19.8. The summed E-state index contributed by atoms with van der Waals surface area (Å²) < 4.78 is 46.2. The molecule has 180 valence electrons. The van der Waals surface area contributed by atoms with Gasteiger partial charge in [-0.3, -0.25) is 14.7 Å². The van der Waals surface area contributed by atoms with Crippen molar-refractivity contribution in [2.45, 2.75) is 32.0 Å². The lowest BCUT2D eigenvalue weighted by molar-refractivity contribution is -0.137. The summed E-state index contributed by atoms with van der Waals surface area (Å²) in [6.45, 7) is 4.07. The van der Waals surface area contributed by atoms with Crippen LogP contribution in [0.15, 0.2) is 54.7 Å². The van der Waals surface area contributed by atoms with Crippen molar-refractivity contribution in [1.29, 1.82) is 5.26 Å². The van der Waals surface area contributed by atoms with Crippen molar-refractivity contribution in [2.75, 3.05) is 18.1 Å². The number of fused-ring (bicyclic) bond motifs is 1. The van der Waals surface area contributed by atoms with Crippen LogP contribution in [0.5, 0.6) is 5.75 Å². The predicted octanol–water partition coefficient (Wildman–Crippen LogP) is 5.31. The number of thiocarbonyl (C=S) groups is 1. The van der Waals surface area contributed by atoms with Gasteiger partial charge >= 0.3 is 6.18 Å². The Bertz CT molecular complexity index is 1350. The summed E-state index contributed by atoms with van der Waals surface area (Å²) in [6, 6.07) is 14.1. The molecule has 2 aromatic carbocycles. The summed E-state index contributed by atoms with van der Waals surface area (Å²) in [6.07, 6.45) is -2.50. The fraction of sp³-hybridized carbons (Fsp3) is 0.280. The normalized spacial score (nSPS) is 15.5. The van der Waals surface area contributed by atoms with E-state index in [-0.39, 0.29) is 10.8 Å². The van der Waals surface area contributed by atoms with Crippen molar-refractivity contribution in [3.05, 3.63) is 65.9 Å². The Morgan fingerprint density at radius 1 is 1.17 bits per heavy atom. The summed E-state index contributed by atoms with van der Waals surface area (Å²) in [5.41, 5.74) is -1.85. The monoisotopic (exact) mass is 498 g/mol. The third kappa shape index (κ3) is 4.64. The Labute approximate surface area is 205 Å². The molecule has 1 amide bonds. The lowest BCUT2D eigenvalue weighted by Gasteiger charge is -2.29. The van der Waals surface area contributed by atoms with Crippen molar-refractivity contribution in [3.8, 4) is 11.8 Å². The number of nitrogens with zero attached hydrogens (tertiary/aromatic N) is 4. The third-order valence-electron chi connectivity index (χ3n) is 5.88. The first-order valence-corrected chi connectivity index (χ1v) is 11.2. The molecule has 0 saturated carbocycles. The molecule has 0 N–H and O–H groups in total. The van der Waals surface area contributed by atoms with Crippen LogP contribution in [-0.2, 0) is 11.0 Å². The van der Waals surface area contributed by atoms with Gasteiger partial charge in [-0.25, -0.2) is 0 Å². The van der Waals surface area contributed by atoms with Gasteiger partial charge in [0.05, 0.1) is 35.0 Å². The zero-order valence-electron chi connectivity index (χ0n) is 19.0. The second-order valence-electron chi connectivity index (χ2n) is 8.53. The van der Waals surface area contributed by atoms with Crippen molar-refractivity contribution >= 4 is 39.8 Å². The quantitative estimate of drug-likeness (QED) is 0.339. The highest BCUT2D eigenvalue weighted by Crippen LogP contribution is 2.37. The van der Waals surface area contributed by atoms with Crippen LogP contribution in [0.1, 0.15) is 31.4 Å². The first-order valence-electron chi connectivity index (χ1n) is 10.8. The highest BCUT2D eigenvalue weighted by molar-refractivity contribution is 7.80. The molecule has 1 saturated heterocycles. The molecule has 1 aromatic heterocycles. The summed E-state index contributed by atoms with van der Waals surface area (Å²) in [5.74, 6) is 0.243. The Morgan fingerprint density at radius 2 is 1.94 bits per heavy atom. The van der Waals surface area contributed by atoms with E-state index in [1.807, 2.05) is 30.3 Å². The Morgan fingerprint density at radius 3 is 2.66 bits per heavy atom. The van der Waals surface area contributed by atoms with Crippen LogP contribution >= 0.6 is 12.2 Å². The molecule has 6 nitrogen and oxygen atoms in total. The Kier molecular flexibility index (Phi) is 6.38. The van der Waals surface area contributed by atoms with E-state index in [0.717, 1.165) is 27.9 Å². The van der Waals surface area contributed by atoms with Crippen LogP contribution in [0.4, 0.5) is 18.9 Å². The van der Waals surface area contributed by atoms with E-state index in [0.29, 0.717) is 25.3 Å². The molecule has 2 heterocycles. The van der Waals surface area contributed by atoms with Crippen molar-refractivity contribution < 1.29 is 22.7 Å². The van der Waals surface area contributed by atoms with Gasteiger partial charge in [0.2, 0.25) is 0 Å². The maximum Gasteiger partial charge on any atom is 0.417 e. The van der Waals surface area contributed by atoms with Crippen molar-refractivity contribution in [1.82, 2.24) is 9.88 Å². The number of rotatable bonds is 6. The fourth-order valence-corrected chi connectivity index (χ4v) is 4.51. The summed E-state index contributed by atoms with van der Waals surface area (Å²) in [4.78, 5) is 20.2. The zero-order chi connectivity index (χ0) is 25.4. The van der Waals surface area contributed by atoms with Crippen LogP contribution in [0.25, 0.3) is 10.9 Å². The third-order valence-corrected chi connectivity index (χ3v) is 6.28.